The summed E-state index contributed by atoms with van der Waals surface area (Å²) in [5.74, 6) is 0. The first kappa shape index (κ1) is 15.3. The molecular formula is C18H19Br2N. The van der Waals surface area contributed by atoms with E-state index in [-0.39, 0.29) is 6.04 Å². The third-order valence-corrected chi connectivity index (χ3v) is 5.87. The minimum absolute atomic E-state index is 0.210. The number of nitrogens with one attached hydrogen (secondary N) is 1. The molecule has 0 spiro atoms. The molecule has 2 aromatic rings. The Hall–Kier alpha value is -0.640. The third-order valence-electron chi connectivity index (χ3n) is 4.33. The molecule has 0 aliphatic heterocycles. The average molecular weight is 409 g/mol. The molecule has 2 aromatic carbocycles. The van der Waals surface area contributed by atoms with Crippen LogP contribution in [-0.4, -0.2) is 7.05 Å². The van der Waals surface area contributed by atoms with Crippen molar-refractivity contribution in [3.05, 3.63) is 67.1 Å². The van der Waals surface area contributed by atoms with Crippen molar-refractivity contribution in [2.75, 3.05) is 7.05 Å². The molecule has 0 heterocycles. The summed E-state index contributed by atoms with van der Waals surface area (Å²) >= 11 is 7.37. The predicted octanol–water partition coefficient (Wildman–Crippen LogP) is 5.32. The van der Waals surface area contributed by atoms with Gasteiger partial charge in [0.1, 0.15) is 0 Å². The van der Waals surface area contributed by atoms with E-state index in [4.69, 9.17) is 0 Å². The number of halogens is 2. The van der Waals surface area contributed by atoms with Crippen LogP contribution in [0.3, 0.4) is 0 Å². The molecule has 1 N–H and O–H groups in total. The summed E-state index contributed by atoms with van der Waals surface area (Å²) in [5.41, 5.74) is 6.91. The summed E-state index contributed by atoms with van der Waals surface area (Å²) in [4.78, 5) is 0. The summed E-state index contributed by atoms with van der Waals surface area (Å²) in [5, 5.41) is 3.46. The van der Waals surface area contributed by atoms with E-state index in [2.05, 4.69) is 74.4 Å². The van der Waals surface area contributed by atoms with E-state index < -0.39 is 0 Å². The van der Waals surface area contributed by atoms with Crippen LogP contribution in [0.1, 0.15) is 40.3 Å². The predicted molar refractivity (Wildman–Crippen MR) is 95.9 cm³/mol. The molecule has 1 aliphatic rings. The number of fused-ring (bicyclic) bond motifs is 1. The minimum Gasteiger partial charge on any atom is -0.309 e. The van der Waals surface area contributed by atoms with Gasteiger partial charge in [0.05, 0.1) is 6.04 Å². The van der Waals surface area contributed by atoms with Gasteiger partial charge in [-0.15, -0.1) is 0 Å². The van der Waals surface area contributed by atoms with Crippen LogP contribution in [0, 0.1) is 6.92 Å². The van der Waals surface area contributed by atoms with Crippen LogP contribution in [-0.2, 0) is 12.8 Å². The fourth-order valence-corrected chi connectivity index (χ4v) is 4.20. The Morgan fingerprint density at radius 2 is 1.76 bits per heavy atom. The van der Waals surface area contributed by atoms with Crippen LogP contribution in [0.5, 0.6) is 0 Å². The van der Waals surface area contributed by atoms with Crippen molar-refractivity contribution in [2.24, 2.45) is 0 Å². The van der Waals surface area contributed by atoms with Crippen molar-refractivity contribution in [2.45, 2.75) is 32.2 Å². The summed E-state index contributed by atoms with van der Waals surface area (Å²) < 4.78 is 2.31. The Morgan fingerprint density at radius 1 is 1.00 bits per heavy atom. The number of benzene rings is 2. The van der Waals surface area contributed by atoms with Crippen molar-refractivity contribution in [3.8, 4) is 0 Å². The lowest BCUT2D eigenvalue weighted by Gasteiger charge is -2.21. The van der Waals surface area contributed by atoms with Gasteiger partial charge in [0.25, 0.3) is 0 Å². The molecule has 0 bridgehead atoms. The van der Waals surface area contributed by atoms with Gasteiger partial charge >= 0.3 is 0 Å². The molecule has 1 atom stereocenters. The van der Waals surface area contributed by atoms with Gasteiger partial charge in [-0.25, -0.2) is 0 Å². The molecule has 1 nitrogen and oxygen atoms in total. The maximum absolute atomic E-state index is 3.72. The molecule has 0 saturated heterocycles. The van der Waals surface area contributed by atoms with Gasteiger partial charge in [-0.2, -0.15) is 0 Å². The molecule has 110 valence electrons. The van der Waals surface area contributed by atoms with Gasteiger partial charge in [0.15, 0.2) is 0 Å². The monoisotopic (exact) mass is 407 g/mol. The van der Waals surface area contributed by atoms with Crippen LogP contribution in [0.2, 0.25) is 0 Å². The first-order valence-electron chi connectivity index (χ1n) is 7.34. The second-order valence-corrected chi connectivity index (χ2v) is 7.43. The molecule has 3 heteroatoms. The second-order valence-electron chi connectivity index (χ2n) is 5.73. The minimum atomic E-state index is 0.210. The van der Waals surface area contributed by atoms with Crippen molar-refractivity contribution in [3.63, 3.8) is 0 Å². The van der Waals surface area contributed by atoms with E-state index in [1.54, 1.807) is 0 Å². The molecule has 21 heavy (non-hydrogen) atoms. The van der Waals surface area contributed by atoms with Crippen LogP contribution >= 0.6 is 31.9 Å². The highest BCUT2D eigenvalue weighted by atomic mass is 79.9. The lowest BCUT2D eigenvalue weighted by atomic mass is 9.95. The van der Waals surface area contributed by atoms with Gasteiger partial charge in [-0.1, -0.05) is 50.1 Å². The van der Waals surface area contributed by atoms with Crippen molar-refractivity contribution < 1.29 is 0 Å². The fourth-order valence-electron chi connectivity index (χ4n) is 3.16. The summed E-state index contributed by atoms with van der Waals surface area (Å²) in [6.45, 7) is 2.11. The van der Waals surface area contributed by atoms with Gasteiger partial charge in [-0.3, -0.25) is 0 Å². The Kier molecular flexibility index (Phi) is 4.53. The zero-order valence-electron chi connectivity index (χ0n) is 12.3. The Balaban J connectivity index is 2.04. The summed E-state index contributed by atoms with van der Waals surface area (Å²) in [6.07, 6.45) is 3.75. The van der Waals surface area contributed by atoms with E-state index in [1.807, 2.05) is 7.05 Å². The highest BCUT2D eigenvalue weighted by molar-refractivity contribution is 9.11. The lowest BCUT2D eigenvalue weighted by molar-refractivity contribution is 0.687. The maximum Gasteiger partial charge on any atom is 0.0585 e. The normalized spacial score (nSPS) is 15.0. The maximum atomic E-state index is 3.72. The number of rotatable bonds is 3. The molecule has 0 saturated carbocycles. The SMILES string of the molecule is CNC(c1ccc2c(c1)CCC2)c1cc(Br)c(C)cc1Br. The van der Waals surface area contributed by atoms with Gasteiger partial charge < -0.3 is 5.32 Å². The van der Waals surface area contributed by atoms with E-state index in [1.165, 1.54) is 47.1 Å². The molecule has 0 aromatic heterocycles. The van der Waals surface area contributed by atoms with E-state index >= 15 is 0 Å². The average Bonchev–Trinajstić information content (AvgIpc) is 2.92. The van der Waals surface area contributed by atoms with Crippen molar-refractivity contribution in [1.29, 1.82) is 0 Å². The molecule has 0 amide bonds. The highest BCUT2D eigenvalue weighted by Crippen LogP contribution is 2.34. The van der Waals surface area contributed by atoms with Gasteiger partial charge in [0.2, 0.25) is 0 Å². The standard InChI is InChI=1S/C18H19Br2N/c1-11-8-17(20)15(10-16(11)19)18(21-2)14-7-6-12-4-3-5-13(12)9-14/h6-10,18,21H,3-5H2,1-2H3. The van der Waals surface area contributed by atoms with E-state index in [0.29, 0.717) is 0 Å². The molecule has 0 fully saturated rings. The largest absolute Gasteiger partial charge is 0.309 e. The lowest BCUT2D eigenvalue weighted by Crippen LogP contribution is -2.18. The first-order chi connectivity index (χ1) is 10.1. The fraction of sp³-hybridized carbons (Fsp3) is 0.333. The zero-order valence-corrected chi connectivity index (χ0v) is 15.5. The number of hydrogen-bond donors (Lipinski definition) is 1. The Morgan fingerprint density at radius 3 is 2.52 bits per heavy atom. The smallest absolute Gasteiger partial charge is 0.0585 e. The van der Waals surface area contributed by atoms with E-state index in [9.17, 15) is 0 Å². The highest BCUT2D eigenvalue weighted by Gasteiger charge is 2.19. The van der Waals surface area contributed by atoms with Crippen LogP contribution in [0.25, 0.3) is 0 Å². The number of aryl methyl sites for hydroxylation is 3. The summed E-state index contributed by atoms with van der Waals surface area (Å²) in [7, 11) is 2.03. The summed E-state index contributed by atoms with van der Waals surface area (Å²) in [6, 6.07) is 11.6. The molecule has 3 rings (SSSR count). The first-order valence-corrected chi connectivity index (χ1v) is 8.93. The van der Waals surface area contributed by atoms with Gasteiger partial charge in [-0.05, 0) is 73.2 Å². The topological polar surface area (TPSA) is 12.0 Å². The molecule has 1 aliphatic carbocycles. The van der Waals surface area contributed by atoms with Gasteiger partial charge in [0, 0.05) is 8.95 Å². The molecule has 0 radical (unpaired) electrons. The third kappa shape index (κ3) is 2.96. The van der Waals surface area contributed by atoms with E-state index in [0.717, 1.165) is 8.95 Å². The molecular weight excluding hydrogens is 390 g/mol. The van der Waals surface area contributed by atoms with Crippen molar-refractivity contribution in [1.82, 2.24) is 5.32 Å². The molecule has 1 unspecified atom stereocenters. The van der Waals surface area contributed by atoms with Crippen molar-refractivity contribution >= 4 is 31.9 Å². The zero-order chi connectivity index (χ0) is 15.0. The number of hydrogen-bond acceptors (Lipinski definition) is 1. The Bertz CT molecular complexity index is 679. The second kappa shape index (κ2) is 6.23. The quantitative estimate of drug-likeness (QED) is 0.724. The van der Waals surface area contributed by atoms with Crippen LogP contribution in [0.15, 0.2) is 39.3 Å². The van der Waals surface area contributed by atoms with Crippen LogP contribution in [0.4, 0.5) is 0 Å². The van der Waals surface area contributed by atoms with Crippen LogP contribution < -0.4 is 5.32 Å². The Labute approximate surface area is 143 Å².